The van der Waals surface area contributed by atoms with Gasteiger partial charge in [-0.05, 0) is 16.8 Å². The first-order valence-electron chi connectivity index (χ1n) is 3.88. The van der Waals surface area contributed by atoms with Crippen LogP contribution in [0.5, 0.6) is 0 Å². The highest BCUT2D eigenvalue weighted by molar-refractivity contribution is 5.34. The summed E-state index contributed by atoms with van der Waals surface area (Å²) in [6, 6.07) is 0. The third kappa shape index (κ3) is 0.679. The Morgan fingerprint density at radius 3 is 2.82 bits per heavy atom. The number of allylic oxidation sites excluding steroid dienone is 2. The minimum Gasteiger partial charge on any atom is -0.186 e. The summed E-state index contributed by atoms with van der Waals surface area (Å²) >= 11 is 0. The molecule has 2 rings (SSSR count). The molecule has 0 spiro atoms. The molecule has 3 heteroatoms. The molecule has 2 aliphatic carbocycles. The molecule has 0 aromatic carbocycles. The van der Waals surface area contributed by atoms with Crippen molar-refractivity contribution in [3.05, 3.63) is 23.8 Å². The van der Waals surface area contributed by atoms with Gasteiger partial charge in [0.05, 0.1) is 0 Å². The molecule has 0 heterocycles. The number of nitrogens with two attached hydrogens (primary N) is 1. The van der Waals surface area contributed by atoms with Crippen molar-refractivity contribution < 1.29 is 4.81 Å². The van der Waals surface area contributed by atoms with E-state index in [1.807, 2.05) is 0 Å². The lowest BCUT2D eigenvalue weighted by atomic mass is 9.68. The molecule has 3 nitrogen and oxygen atoms in total. The highest BCUT2D eigenvalue weighted by atomic mass is 15.5. The summed E-state index contributed by atoms with van der Waals surface area (Å²) in [5.74, 6) is 5.47. The Bertz CT molecular complexity index is 265. The average molecular weight is 150 g/mol. The van der Waals surface area contributed by atoms with E-state index in [1.165, 1.54) is 5.57 Å². The Balaban J connectivity index is 2.35. The number of hydrogen-bond donors (Lipinski definition) is 2. The van der Waals surface area contributed by atoms with Gasteiger partial charge in [-0.15, -0.1) is 0 Å². The van der Waals surface area contributed by atoms with Crippen LogP contribution in [0.25, 0.3) is 0 Å². The number of hydrazine groups is 1. The molecule has 0 bridgehead atoms. The fourth-order valence-corrected chi connectivity index (χ4v) is 1.85. The predicted molar refractivity (Wildman–Crippen MR) is 41.0 cm³/mol. The van der Waals surface area contributed by atoms with Gasteiger partial charge in [-0.1, -0.05) is 18.2 Å². The smallest absolute Gasteiger partial charge is 0.186 e. The van der Waals surface area contributed by atoms with Gasteiger partial charge < -0.3 is 0 Å². The molecule has 3 N–H and O–H groups in total. The van der Waals surface area contributed by atoms with Crippen LogP contribution in [0, 0.1) is 5.53 Å². The van der Waals surface area contributed by atoms with Crippen molar-refractivity contribution in [1.82, 2.24) is 0 Å². The molecule has 1 fully saturated rings. The molecular formula is C8H12N3+. The maximum absolute atomic E-state index is 7.39. The topological polar surface area (TPSA) is 52.9 Å². The number of nitrogens with one attached hydrogen (secondary N) is 1. The monoisotopic (exact) mass is 150 g/mol. The molecule has 0 aromatic heterocycles. The van der Waals surface area contributed by atoms with E-state index in [0.29, 0.717) is 0 Å². The summed E-state index contributed by atoms with van der Waals surface area (Å²) in [5, 5.41) is 0. The van der Waals surface area contributed by atoms with E-state index in [-0.39, 0.29) is 5.54 Å². The Kier molecular flexibility index (Phi) is 1.16. The fourth-order valence-electron chi connectivity index (χ4n) is 1.85. The largest absolute Gasteiger partial charge is 0.242 e. The fraction of sp³-hybridized carbons (Fsp3) is 0.500. The second-order valence-corrected chi connectivity index (χ2v) is 3.23. The van der Waals surface area contributed by atoms with E-state index in [0.717, 1.165) is 24.1 Å². The third-order valence-electron chi connectivity index (χ3n) is 2.76. The molecule has 1 saturated carbocycles. The van der Waals surface area contributed by atoms with Crippen LogP contribution < -0.4 is 5.84 Å². The maximum atomic E-state index is 7.39. The van der Waals surface area contributed by atoms with E-state index in [2.05, 4.69) is 18.2 Å². The molecule has 0 amide bonds. The lowest BCUT2D eigenvalue weighted by Gasteiger charge is -2.36. The molecule has 0 saturated heterocycles. The molecule has 11 heavy (non-hydrogen) atoms. The Hall–Kier alpha value is -1.12. The van der Waals surface area contributed by atoms with Gasteiger partial charge in [0.1, 0.15) is 0 Å². The number of hydrogen-bond acceptors (Lipinski definition) is 1. The van der Waals surface area contributed by atoms with Crippen LogP contribution in [0.15, 0.2) is 23.8 Å². The number of nitrogens with zero attached hydrogens (tertiary/aromatic N) is 1. The molecule has 0 radical (unpaired) electrons. The summed E-state index contributed by atoms with van der Waals surface area (Å²) < 4.78 is 0. The first kappa shape index (κ1) is 6.58. The van der Waals surface area contributed by atoms with Crippen LogP contribution in [0.4, 0.5) is 0 Å². The van der Waals surface area contributed by atoms with Crippen molar-refractivity contribution in [2.45, 2.75) is 24.8 Å². The normalized spacial score (nSPS) is 33.6. The summed E-state index contributed by atoms with van der Waals surface area (Å²) in [5.41, 5.74) is 8.57. The lowest BCUT2D eigenvalue weighted by Crippen LogP contribution is -2.52. The highest BCUT2D eigenvalue weighted by Crippen LogP contribution is 2.44. The van der Waals surface area contributed by atoms with Gasteiger partial charge in [-0.25, -0.2) is 0 Å². The standard InChI is InChI=1S/C8H12N3/c9-11(10)8-5-2-1-3-7(8)4-6-8/h1-3H,4-6H2,(H3,9,10)/q+1. The SMILES string of the molecule is N=[N+](N)C12CC=CC=C1CC2. The van der Waals surface area contributed by atoms with Crippen molar-refractivity contribution in [3.63, 3.8) is 0 Å². The summed E-state index contributed by atoms with van der Waals surface area (Å²) in [7, 11) is 0. The molecule has 0 aliphatic heterocycles. The minimum absolute atomic E-state index is 0.130. The van der Waals surface area contributed by atoms with Crippen molar-refractivity contribution >= 4 is 0 Å². The Labute approximate surface area is 65.7 Å². The number of fused-ring (bicyclic) bond motifs is 1. The van der Waals surface area contributed by atoms with Crippen molar-refractivity contribution in [2.75, 3.05) is 0 Å². The van der Waals surface area contributed by atoms with Crippen LogP contribution in [-0.2, 0) is 0 Å². The second-order valence-electron chi connectivity index (χ2n) is 3.23. The summed E-state index contributed by atoms with van der Waals surface area (Å²) in [4.78, 5) is 1.12. The summed E-state index contributed by atoms with van der Waals surface area (Å²) in [6.07, 6.45) is 9.26. The zero-order valence-corrected chi connectivity index (χ0v) is 6.38. The van der Waals surface area contributed by atoms with Gasteiger partial charge in [-0.2, -0.15) is 5.84 Å². The van der Waals surface area contributed by atoms with E-state index in [4.69, 9.17) is 11.4 Å². The van der Waals surface area contributed by atoms with Crippen molar-refractivity contribution in [1.29, 1.82) is 5.53 Å². The molecular weight excluding hydrogens is 138 g/mol. The molecule has 58 valence electrons. The Morgan fingerprint density at radius 2 is 2.45 bits per heavy atom. The zero-order chi connectivity index (χ0) is 7.90. The Morgan fingerprint density at radius 1 is 1.64 bits per heavy atom. The van der Waals surface area contributed by atoms with Crippen LogP contribution >= 0.6 is 0 Å². The van der Waals surface area contributed by atoms with Gasteiger partial charge in [-0.3, -0.25) is 0 Å². The molecule has 2 aliphatic rings. The van der Waals surface area contributed by atoms with Crippen LogP contribution in [0.2, 0.25) is 0 Å². The van der Waals surface area contributed by atoms with Gasteiger partial charge in [0.2, 0.25) is 5.54 Å². The van der Waals surface area contributed by atoms with Gasteiger partial charge in [0, 0.05) is 18.4 Å². The molecule has 0 aromatic rings. The van der Waals surface area contributed by atoms with Crippen molar-refractivity contribution in [2.24, 2.45) is 5.84 Å². The van der Waals surface area contributed by atoms with Crippen LogP contribution in [0.3, 0.4) is 0 Å². The zero-order valence-electron chi connectivity index (χ0n) is 6.38. The quantitative estimate of drug-likeness (QED) is 0.252. The van der Waals surface area contributed by atoms with Gasteiger partial charge in [0.25, 0.3) is 0 Å². The van der Waals surface area contributed by atoms with Gasteiger partial charge in [0.15, 0.2) is 0 Å². The minimum atomic E-state index is -0.130. The lowest BCUT2D eigenvalue weighted by molar-refractivity contribution is -0.695. The van der Waals surface area contributed by atoms with Gasteiger partial charge >= 0.3 is 0 Å². The average Bonchev–Trinajstić information content (AvgIpc) is 1.91. The van der Waals surface area contributed by atoms with E-state index in [1.54, 1.807) is 0 Å². The predicted octanol–water partition coefficient (Wildman–Crippen LogP) is 1.32. The van der Waals surface area contributed by atoms with E-state index >= 15 is 0 Å². The van der Waals surface area contributed by atoms with Crippen LogP contribution in [-0.4, -0.2) is 10.3 Å². The van der Waals surface area contributed by atoms with Crippen LogP contribution in [0.1, 0.15) is 19.3 Å². The van der Waals surface area contributed by atoms with Crippen molar-refractivity contribution in [3.8, 4) is 0 Å². The first-order chi connectivity index (χ1) is 5.26. The highest BCUT2D eigenvalue weighted by Gasteiger charge is 2.52. The van der Waals surface area contributed by atoms with E-state index in [9.17, 15) is 0 Å². The number of rotatable bonds is 1. The maximum Gasteiger partial charge on any atom is 0.242 e. The summed E-state index contributed by atoms with van der Waals surface area (Å²) in [6.45, 7) is 0. The van der Waals surface area contributed by atoms with E-state index < -0.39 is 0 Å². The first-order valence-corrected chi connectivity index (χ1v) is 3.88. The second kappa shape index (κ2) is 1.94. The molecule has 1 unspecified atom stereocenters. The molecule has 1 atom stereocenters. The third-order valence-corrected chi connectivity index (χ3v) is 2.76.